The molecule has 0 heterocycles. The van der Waals surface area contributed by atoms with Crippen molar-refractivity contribution in [3.8, 4) is 0 Å². The highest BCUT2D eigenvalue weighted by Gasteiger charge is 2.00. The van der Waals surface area contributed by atoms with Crippen molar-refractivity contribution in [2.45, 2.75) is 83.7 Å². The Labute approximate surface area is 108 Å². The summed E-state index contributed by atoms with van der Waals surface area (Å²) in [5.41, 5.74) is 0. The number of hydrogen-bond acceptors (Lipinski definition) is 1. The Morgan fingerprint density at radius 3 is 1.69 bits per heavy atom. The lowest BCUT2D eigenvalue weighted by Gasteiger charge is -2.07. The normalized spacial score (nSPS) is 13.1. The van der Waals surface area contributed by atoms with Gasteiger partial charge in [-0.2, -0.15) is 0 Å². The van der Waals surface area contributed by atoms with Gasteiger partial charge in [0.05, 0.1) is 0 Å². The average Bonchev–Trinajstić information content (AvgIpc) is 2.31. The fraction of sp³-hybridized carbons (Fsp3) is 1.00. The minimum absolute atomic E-state index is 0.698. The van der Waals surface area contributed by atoms with Gasteiger partial charge in [0.2, 0.25) is 0 Å². The smallest absolute Gasteiger partial charge is 0.159 e. The van der Waals surface area contributed by atoms with Crippen LogP contribution in [0.15, 0.2) is 0 Å². The monoisotopic (exact) mass is 260 g/mol. The van der Waals surface area contributed by atoms with Gasteiger partial charge in [-0.15, -0.1) is 0 Å². The van der Waals surface area contributed by atoms with Gasteiger partial charge < -0.3 is 4.12 Å². The largest absolute Gasteiger partial charge is 0.466 e. The van der Waals surface area contributed by atoms with E-state index < -0.39 is 9.04 Å². The zero-order chi connectivity index (χ0) is 12.1. The molecule has 0 aromatic heterocycles. The second-order valence-corrected chi connectivity index (χ2v) is 9.10. The Morgan fingerprint density at radius 2 is 1.25 bits per heavy atom. The van der Waals surface area contributed by atoms with Gasteiger partial charge >= 0.3 is 0 Å². The third kappa shape index (κ3) is 12.5. The molecular formula is C13H32OSi2. The van der Waals surface area contributed by atoms with Gasteiger partial charge in [0, 0.05) is 0 Å². The van der Waals surface area contributed by atoms with E-state index in [9.17, 15) is 0 Å². The van der Waals surface area contributed by atoms with Gasteiger partial charge in [-0.1, -0.05) is 71.1 Å². The summed E-state index contributed by atoms with van der Waals surface area (Å²) >= 11 is 0. The minimum atomic E-state index is -0.698. The lowest BCUT2D eigenvalue weighted by atomic mass is 10.1. The van der Waals surface area contributed by atoms with Crippen LogP contribution in [0.25, 0.3) is 0 Å². The van der Waals surface area contributed by atoms with Gasteiger partial charge in [-0.3, -0.25) is 0 Å². The van der Waals surface area contributed by atoms with E-state index in [1.807, 2.05) is 0 Å². The summed E-state index contributed by atoms with van der Waals surface area (Å²) in [5.74, 6) is 0. The molecule has 0 aliphatic heterocycles. The molecule has 0 spiro atoms. The Kier molecular flexibility index (Phi) is 13.8. The maximum Gasteiger partial charge on any atom is 0.159 e. The molecule has 3 heteroatoms. The zero-order valence-corrected chi connectivity index (χ0v) is 14.9. The second kappa shape index (κ2) is 13.5. The van der Waals surface area contributed by atoms with Crippen molar-refractivity contribution in [3.05, 3.63) is 0 Å². The molecule has 0 radical (unpaired) electrons. The number of rotatable bonds is 12. The van der Waals surface area contributed by atoms with Crippen LogP contribution in [0.1, 0.15) is 71.1 Å². The van der Waals surface area contributed by atoms with Crippen LogP contribution >= 0.6 is 0 Å². The van der Waals surface area contributed by atoms with E-state index in [2.05, 4.69) is 13.5 Å². The first kappa shape index (κ1) is 16.4. The third-order valence-corrected chi connectivity index (χ3v) is 7.81. The van der Waals surface area contributed by atoms with Crippen LogP contribution in [0, 0.1) is 0 Å². The van der Waals surface area contributed by atoms with Gasteiger partial charge in [0.15, 0.2) is 9.04 Å². The molecule has 16 heavy (non-hydrogen) atoms. The van der Waals surface area contributed by atoms with E-state index in [0.29, 0.717) is 0 Å². The van der Waals surface area contributed by atoms with Crippen molar-refractivity contribution in [1.29, 1.82) is 0 Å². The Morgan fingerprint density at radius 1 is 0.812 bits per heavy atom. The van der Waals surface area contributed by atoms with Crippen LogP contribution < -0.4 is 0 Å². The molecule has 1 unspecified atom stereocenters. The third-order valence-electron chi connectivity index (χ3n) is 3.37. The van der Waals surface area contributed by atoms with Gasteiger partial charge in [-0.05, 0) is 12.6 Å². The van der Waals surface area contributed by atoms with Crippen molar-refractivity contribution < 1.29 is 4.12 Å². The first-order valence-electron chi connectivity index (χ1n) is 7.34. The summed E-state index contributed by atoms with van der Waals surface area (Å²) in [6.45, 7) is 4.62. The summed E-state index contributed by atoms with van der Waals surface area (Å²) in [4.78, 5) is 0. The first-order chi connectivity index (χ1) is 7.81. The van der Waals surface area contributed by atoms with Gasteiger partial charge in [0.25, 0.3) is 0 Å². The predicted octanol–water partition coefficient (Wildman–Crippen LogP) is 3.56. The molecule has 1 atom stereocenters. The van der Waals surface area contributed by atoms with Crippen LogP contribution in [0.2, 0.25) is 12.6 Å². The maximum atomic E-state index is 5.51. The zero-order valence-electron chi connectivity index (χ0n) is 11.8. The molecule has 0 amide bonds. The summed E-state index contributed by atoms with van der Waals surface area (Å²) in [5, 5.41) is 0. The molecule has 0 N–H and O–H groups in total. The highest BCUT2D eigenvalue weighted by atomic mass is 28.3. The summed E-state index contributed by atoms with van der Waals surface area (Å²) < 4.78 is 5.51. The van der Waals surface area contributed by atoms with Crippen LogP contribution in [-0.2, 0) is 4.12 Å². The molecule has 0 aromatic carbocycles. The van der Waals surface area contributed by atoms with Crippen molar-refractivity contribution in [3.63, 3.8) is 0 Å². The molecule has 0 rings (SSSR count). The summed E-state index contributed by atoms with van der Waals surface area (Å²) in [6, 6.07) is 1.40. The molecule has 0 aromatic rings. The number of unbranched alkanes of at least 4 members (excludes halogenated alkanes) is 9. The van der Waals surface area contributed by atoms with Crippen molar-refractivity contribution in [2.24, 2.45) is 0 Å². The predicted molar refractivity (Wildman–Crippen MR) is 80.7 cm³/mol. The summed E-state index contributed by atoms with van der Waals surface area (Å²) in [6.07, 6.45) is 14.4. The second-order valence-electron chi connectivity index (χ2n) is 5.02. The Bertz CT molecular complexity index is 131. The van der Waals surface area contributed by atoms with Crippen molar-refractivity contribution in [1.82, 2.24) is 0 Å². The fourth-order valence-electron chi connectivity index (χ4n) is 2.04. The fourth-order valence-corrected chi connectivity index (χ4v) is 3.84. The van der Waals surface area contributed by atoms with Crippen LogP contribution in [0.4, 0.5) is 0 Å². The van der Waals surface area contributed by atoms with E-state index >= 15 is 0 Å². The lowest BCUT2D eigenvalue weighted by molar-refractivity contribution is 0.557. The van der Waals surface area contributed by atoms with Gasteiger partial charge in [0.1, 0.15) is 10.5 Å². The molecule has 98 valence electrons. The van der Waals surface area contributed by atoms with E-state index in [1.165, 1.54) is 70.3 Å². The maximum absolute atomic E-state index is 5.51. The standard InChI is InChI=1S/C13H32OSi2/c1-3-4-5-6-7-8-9-10-11-12-13-16(2)14-15/h16H,3-13H2,1-2,15H3. The van der Waals surface area contributed by atoms with E-state index in [-0.39, 0.29) is 0 Å². The average molecular weight is 261 g/mol. The van der Waals surface area contributed by atoms with Crippen LogP contribution in [0.3, 0.4) is 0 Å². The SMILES string of the molecule is CCCCCCCCCCCC[SiH](C)O[SiH3]. The molecule has 0 saturated carbocycles. The van der Waals surface area contributed by atoms with Gasteiger partial charge in [-0.25, -0.2) is 0 Å². The Balaban J connectivity index is 2.93. The topological polar surface area (TPSA) is 9.23 Å². The van der Waals surface area contributed by atoms with Crippen LogP contribution in [0.5, 0.6) is 0 Å². The molecule has 0 aliphatic carbocycles. The summed E-state index contributed by atoms with van der Waals surface area (Å²) in [7, 11) is 0.258. The molecule has 0 fully saturated rings. The molecular weight excluding hydrogens is 228 g/mol. The van der Waals surface area contributed by atoms with E-state index in [1.54, 1.807) is 0 Å². The van der Waals surface area contributed by atoms with Crippen LogP contribution in [-0.4, -0.2) is 19.5 Å². The molecule has 1 nitrogen and oxygen atoms in total. The van der Waals surface area contributed by atoms with Crippen molar-refractivity contribution in [2.75, 3.05) is 0 Å². The molecule has 0 aliphatic rings. The minimum Gasteiger partial charge on any atom is -0.466 e. The number of hydrogen-bond donors (Lipinski definition) is 0. The molecule has 0 saturated heterocycles. The Hall–Kier alpha value is 0.394. The quantitative estimate of drug-likeness (QED) is 0.385. The van der Waals surface area contributed by atoms with E-state index in [0.717, 1.165) is 10.5 Å². The van der Waals surface area contributed by atoms with E-state index in [4.69, 9.17) is 4.12 Å². The van der Waals surface area contributed by atoms with Crippen molar-refractivity contribution >= 4 is 19.5 Å². The highest BCUT2D eigenvalue weighted by Crippen LogP contribution is 2.12. The first-order valence-corrected chi connectivity index (χ1v) is 10.6. The highest BCUT2D eigenvalue weighted by molar-refractivity contribution is 6.54. The molecule has 0 bridgehead atoms. The lowest BCUT2D eigenvalue weighted by Crippen LogP contribution is -2.09.